The second-order valence-corrected chi connectivity index (χ2v) is 9.05. The predicted octanol–water partition coefficient (Wildman–Crippen LogP) is -0.945. The predicted molar refractivity (Wildman–Crippen MR) is 124 cm³/mol. The average molecular weight is 579 g/mol. The molecule has 0 bridgehead atoms. The van der Waals surface area contributed by atoms with Crippen molar-refractivity contribution < 1.29 is 76.5 Å². The summed E-state index contributed by atoms with van der Waals surface area (Å²) in [6, 6.07) is 0. The smallest absolute Gasteiger partial charge is 0.303 e. The number of ether oxygens (including phenoxy) is 9. The van der Waals surface area contributed by atoms with E-state index in [0.29, 0.717) is 0 Å². The van der Waals surface area contributed by atoms with Crippen LogP contribution in [0.15, 0.2) is 0 Å². The highest BCUT2D eigenvalue weighted by Crippen LogP contribution is 2.32. The van der Waals surface area contributed by atoms with Gasteiger partial charge in [0.25, 0.3) is 0 Å². The van der Waals surface area contributed by atoms with Crippen molar-refractivity contribution in [1.29, 1.82) is 0 Å². The Morgan fingerprint density at radius 3 is 1.40 bits per heavy atom. The molecule has 0 amide bonds. The molecule has 2 rings (SSSR count). The minimum atomic E-state index is -1.84. The molecule has 0 radical (unpaired) electrons. The van der Waals surface area contributed by atoms with Gasteiger partial charge in [-0.05, 0) is 6.92 Å². The average Bonchev–Trinajstić information content (AvgIpc) is 2.79. The molecule has 0 unspecified atom stereocenters. The van der Waals surface area contributed by atoms with Gasteiger partial charge in [-0.3, -0.25) is 28.8 Å². The second-order valence-electron chi connectivity index (χ2n) is 9.05. The van der Waals surface area contributed by atoms with Crippen LogP contribution in [-0.4, -0.2) is 109 Å². The number of rotatable bonds is 9. The van der Waals surface area contributed by atoms with Gasteiger partial charge in [0.2, 0.25) is 0 Å². The first-order chi connectivity index (χ1) is 18.6. The van der Waals surface area contributed by atoms with Crippen molar-refractivity contribution in [3.05, 3.63) is 0 Å². The van der Waals surface area contributed by atoms with Crippen molar-refractivity contribution >= 4 is 35.8 Å². The van der Waals surface area contributed by atoms with Gasteiger partial charge in [0.15, 0.2) is 49.2 Å². The molecule has 0 aromatic heterocycles. The first kappa shape index (κ1) is 32.9. The van der Waals surface area contributed by atoms with E-state index in [-0.39, 0.29) is 0 Å². The van der Waals surface area contributed by atoms with Crippen LogP contribution in [0.25, 0.3) is 0 Å². The summed E-state index contributed by atoms with van der Waals surface area (Å²) in [6.07, 6.45) is -14.0. The fourth-order valence-corrected chi connectivity index (χ4v) is 4.30. The highest BCUT2D eigenvalue weighted by atomic mass is 16.7. The third-order valence-corrected chi connectivity index (χ3v) is 5.57. The molecule has 0 saturated carbocycles. The van der Waals surface area contributed by atoms with Gasteiger partial charge in [-0.25, -0.2) is 0 Å². The Bertz CT molecular complexity index is 889. The molecule has 2 fully saturated rings. The SMILES string of the molecule is CC(=O)O[C@H]1[C@H](OC(C)=O)[C@H](OC[C@@H]2O[C@@H](O)[C@@H](OC(C)=O)[C@H](OC(C)=O)[C@@H]2OC(C)=O)O[C@@H](C)[C@H]1OC(C)=O. The number of carbonyl (C=O) groups excluding carboxylic acids is 6. The van der Waals surface area contributed by atoms with Crippen LogP contribution in [0.2, 0.25) is 0 Å². The van der Waals surface area contributed by atoms with E-state index in [1.807, 2.05) is 0 Å². The number of aliphatic hydroxyl groups is 1. The molecule has 1 N–H and O–H groups in total. The zero-order valence-corrected chi connectivity index (χ0v) is 23.1. The topological polar surface area (TPSA) is 206 Å². The van der Waals surface area contributed by atoms with Crippen LogP contribution >= 0.6 is 0 Å². The maximum absolute atomic E-state index is 11.9. The summed E-state index contributed by atoms with van der Waals surface area (Å²) < 4.78 is 48.5. The zero-order chi connectivity index (χ0) is 30.3. The van der Waals surface area contributed by atoms with Gasteiger partial charge in [-0.1, -0.05) is 0 Å². The first-order valence-corrected chi connectivity index (χ1v) is 12.2. The molecule has 16 nitrogen and oxygen atoms in total. The standard InChI is InChI=1S/C24H34O16/c1-9-17(34-10(2)25)19(36-12(4)27)22(39-15(7)30)24(33-9)32-8-16-18(35-11(3)26)20(37-13(5)28)21(23(31)40-16)38-14(6)29/h9,16-24,31H,8H2,1-7H3/t9-,16-,17+,18+,19+,20+,21-,22-,23+,24+/m0/s1. The van der Waals surface area contributed by atoms with Crippen LogP contribution < -0.4 is 0 Å². The van der Waals surface area contributed by atoms with Crippen molar-refractivity contribution in [2.75, 3.05) is 6.61 Å². The number of carbonyl (C=O) groups is 6. The molecule has 2 aliphatic rings. The van der Waals surface area contributed by atoms with E-state index in [1.165, 1.54) is 6.92 Å². The minimum Gasteiger partial charge on any atom is -0.456 e. The molecule has 0 aromatic rings. The lowest BCUT2D eigenvalue weighted by atomic mass is 9.97. The Morgan fingerprint density at radius 1 is 0.550 bits per heavy atom. The molecule has 10 atom stereocenters. The largest absolute Gasteiger partial charge is 0.456 e. The maximum Gasteiger partial charge on any atom is 0.303 e. The third-order valence-electron chi connectivity index (χ3n) is 5.57. The Kier molecular flexibility index (Phi) is 11.8. The number of aliphatic hydroxyl groups excluding tert-OH is 1. The molecular formula is C24H34O16. The molecule has 226 valence electrons. The highest BCUT2D eigenvalue weighted by Gasteiger charge is 2.54. The van der Waals surface area contributed by atoms with Gasteiger partial charge in [0, 0.05) is 41.5 Å². The maximum atomic E-state index is 11.9. The van der Waals surface area contributed by atoms with Crippen LogP contribution in [0.1, 0.15) is 48.5 Å². The van der Waals surface area contributed by atoms with Crippen LogP contribution in [0.4, 0.5) is 0 Å². The summed E-state index contributed by atoms with van der Waals surface area (Å²) in [6.45, 7) is 7.43. The van der Waals surface area contributed by atoms with E-state index in [0.717, 1.165) is 41.5 Å². The van der Waals surface area contributed by atoms with Gasteiger partial charge in [-0.15, -0.1) is 0 Å². The highest BCUT2D eigenvalue weighted by molar-refractivity contribution is 5.69. The number of esters is 6. The molecule has 0 aliphatic carbocycles. The van der Waals surface area contributed by atoms with Crippen LogP contribution in [0.3, 0.4) is 0 Å². The van der Waals surface area contributed by atoms with Crippen molar-refractivity contribution in [1.82, 2.24) is 0 Å². The second kappa shape index (κ2) is 14.3. The summed E-state index contributed by atoms with van der Waals surface area (Å²) in [5.41, 5.74) is 0. The van der Waals surface area contributed by atoms with Gasteiger partial charge in [-0.2, -0.15) is 0 Å². The van der Waals surface area contributed by atoms with Crippen LogP contribution in [0.5, 0.6) is 0 Å². The van der Waals surface area contributed by atoms with Crippen molar-refractivity contribution in [3.8, 4) is 0 Å². The summed E-state index contributed by atoms with van der Waals surface area (Å²) in [5, 5.41) is 10.5. The molecule has 40 heavy (non-hydrogen) atoms. The summed E-state index contributed by atoms with van der Waals surface area (Å²) >= 11 is 0. The Labute approximate surface area is 229 Å². The van der Waals surface area contributed by atoms with E-state index in [9.17, 15) is 33.9 Å². The van der Waals surface area contributed by atoms with Gasteiger partial charge >= 0.3 is 35.8 Å². The number of hydrogen-bond donors (Lipinski definition) is 1. The van der Waals surface area contributed by atoms with E-state index >= 15 is 0 Å². The molecule has 16 heteroatoms. The van der Waals surface area contributed by atoms with E-state index in [4.69, 9.17) is 42.6 Å². The van der Waals surface area contributed by atoms with E-state index in [2.05, 4.69) is 0 Å². The summed E-state index contributed by atoms with van der Waals surface area (Å²) in [4.78, 5) is 70.7. The van der Waals surface area contributed by atoms with Crippen molar-refractivity contribution in [2.45, 2.75) is 110 Å². The van der Waals surface area contributed by atoms with Gasteiger partial charge in [0.05, 0.1) is 12.7 Å². The Morgan fingerprint density at radius 2 is 0.925 bits per heavy atom. The quantitative estimate of drug-likeness (QED) is 0.259. The number of hydrogen-bond acceptors (Lipinski definition) is 16. The van der Waals surface area contributed by atoms with E-state index < -0.39 is 104 Å². The van der Waals surface area contributed by atoms with E-state index in [1.54, 1.807) is 0 Å². The normalized spacial score (nSPS) is 33.6. The fraction of sp³-hybridized carbons (Fsp3) is 0.750. The summed E-state index contributed by atoms with van der Waals surface area (Å²) in [7, 11) is 0. The monoisotopic (exact) mass is 578 g/mol. The lowest BCUT2D eigenvalue weighted by Gasteiger charge is -2.45. The van der Waals surface area contributed by atoms with Crippen LogP contribution in [0, 0.1) is 0 Å². The zero-order valence-electron chi connectivity index (χ0n) is 23.1. The van der Waals surface area contributed by atoms with Crippen molar-refractivity contribution in [2.24, 2.45) is 0 Å². The molecule has 2 heterocycles. The lowest BCUT2D eigenvalue weighted by Crippen LogP contribution is -2.64. The fourth-order valence-electron chi connectivity index (χ4n) is 4.30. The Balaban J connectivity index is 2.38. The third kappa shape index (κ3) is 9.11. The molecular weight excluding hydrogens is 544 g/mol. The molecule has 0 aromatic carbocycles. The van der Waals surface area contributed by atoms with Gasteiger partial charge < -0.3 is 47.7 Å². The molecule has 2 aliphatic heterocycles. The lowest BCUT2D eigenvalue weighted by molar-refractivity contribution is -0.326. The van der Waals surface area contributed by atoms with Gasteiger partial charge in [0.1, 0.15) is 6.10 Å². The minimum absolute atomic E-state index is 0.542. The molecule has 2 saturated heterocycles. The Hall–Kier alpha value is -3.34. The van der Waals surface area contributed by atoms with Crippen molar-refractivity contribution in [3.63, 3.8) is 0 Å². The molecule has 0 spiro atoms. The summed E-state index contributed by atoms with van der Waals surface area (Å²) in [5.74, 6) is -4.81. The first-order valence-electron chi connectivity index (χ1n) is 12.2. The van der Waals surface area contributed by atoms with Crippen LogP contribution in [-0.2, 0) is 71.4 Å².